The van der Waals surface area contributed by atoms with Gasteiger partial charge < -0.3 is 10.7 Å². The summed E-state index contributed by atoms with van der Waals surface area (Å²) in [4.78, 5) is 8.21. The van der Waals surface area contributed by atoms with Crippen LogP contribution >= 0.6 is 0 Å². The molecule has 2 saturated carbocycles. The van der Waals surface area contributed by atoms with Crippen molar-refractivity contribution in [1.29, 1.82) is 0 Å². The Hall–Kier alpha value is -1.36. The Morgan fingerprint density at radius 3 is 2.75 bits per heavy atom. The molecule has 0 aromatic carbocycles. The highest BCUT2D eigenvalue weighted by Gasteiger charge is 2.39. The summed E-state index contributed by atoms with van der Waals surface area (Å²) in [5, 5.41) is 3.50. The Bertz CT molecular complexity index is 380. The molecule has 86 valence electrons. The van der Waals surface area contributed by atoms with E-state index in [1.165, 1.54) is 32.0 Å². The Kier molecular flexibility index (Phi) is 2.40. The van der Waals surface area contributed by atoms with Crippen LogP contribution in [-0.4, -0.2) is 16.0 Å². The summed E-state index contributed by atoms with van der Waals surface area (Å²) in [6.07, 6.45) is 7.01. The number of nitrogens with one attached hydrogen (secondary N) is 2. The largest absolute Gasteiger partial charge is 0.367 e. The van der Waals surface area contributed by atoms with Crippen molar-refractivity contribution in [2.45, 2.75) is 31.7 Å². The maximum absolute atomic E-state index is 5.32. The second-order valence-corrected chi connectivity index (χ2v) is 4.86. The molecule has 3 atom stereocenters. The third kappa shape index (κ3) is 1.71. The number of nitrogens with two attached hydrogens (primary N) is 1. The molecule has 16 heavy (non-hydrogen) atoms. The highest BCUT2D eigenvalue weighted by Crippen LogP contribution is 2.45. The van der Waals surface area contributed by atoms with Crippen LogP contribution in [-0.2, 0) is 0 Å². The summed E-state index contributed by atoms with van der Waals surface area (Å²) in [7, 11) is 0. The van der Waals surface area contributed by atoms with Gasteiger partial charge in [-0.05, 0) is 31.1 Å². The number of aromatic nitrogens is 2. The van der Waals surface area contributed by atoms with Crippen molar-refractivity contribution in [2.24, 2.45) is 17.7 Å². The van der Waals surface area contributed by atoms with E-state index in [4.69, 9.17) is 5.84 Å². The molecule has 0 amide bonds. The van der Waals surface area contributed by atoms with Gasteiger partial charge in [-0.3, -0.25) is 0 Å². The van der Waals surface area contributed by atoms with E-state index in [0.717, 1.165) is 17.7 Å². The zero-order valence-corrected chi connectivity index (χ0v) is 9.19. The fraction of sp³-hybridized carbons (Fsp3) is 0.636. The van der Waals surface area contributed by atoms with Crippen molar-refractivity contribution >= 4 is 11.6 Å². The quantitative estimate of drug-likeness (QED) is 0.528. The average Bonchev–Trinajstić information content (AvgIpc) is 2.91. The number of rotatable bonds is 3. The Morgan fingerprint density at radius 2 is 2.06 bits per heavy atom. The molecule has 2 aliphatic rings. The van der Waals surface area contributed by atoms with Crippen LogP contribution in [0.25, 0.3) is 0 Å². The lowest BCUT2D eigenvalue weighted by molar-refractivity contribution is 0.439. The van der Waals surface area contributed by atoms with Crippen LogP contribution in [0.1, 0.15) is 25.7 Å². The predicted molar refractivity (Wildman–Crippen MR) is 62.7 cm³/mol. The molecular formula is C11H17N5. The molecule has 0 radical (unpaired) electrons. The fourth-order valence-corrected chi connectivity index (χ4v) is 3.13. The van der Waals surface area contributed by atoms with Crippen LogP contribution < -0.4 is 16.6 Å². The van der Waals surface area contributed by atoms with Crippen molar-refractivity contribution in [3.8, 4) is 0 Å². The molecule has 1 aromatic heterocycles. The highest BCUT2D eigenvalue weighted by molar-refractivity contribution is 5.46. The minimum Gasteiger partial charge on any atom is -0.367 e. The summed E-state index contributed by atoms with van der Waals surface area (Å²) in [6, 6.07) is 2.45. The molecule has 5 heteroatoms. The van der Waals surface area contributed by atoms with E-state index < -0.39 is 0 Å². The van der Waals surface area contributed by atoms with Gasteiger partial charge in [0, 0.05) is 12.1 Å². The minimum atomic E-state index is 0.597. The standard InChI is InChI=1S/C11H17N5/c12-16-11-5-10(13-6-14-11)15-9-4-7-1-2-8(9)3-7/h5-9H,1-4,12H2,(H2,13,14,15,16). The molecule has 1 heterocycles. The predicted octanol–water partition coefficient (Wildman–Crippen LogP) is 1.36. The summed E-state index contributed by atoms with van der Waals surface area (Å²) in [5.41, 5.74) is 2.54. The molecule has 0 saturated heterocycles. The van der Waals surface area contributed by atoms with Crippen LogP contribution in [0.4, 0.5) is 11.6 Å². The Morgan fingerprint density at radius 1 is 1.19 bits per heavy atom. The van der Waals surface area contributed by atoms with Crippen LogP contribution in [0, 0.1) is 11.8 Å². The van der Waals surface area contributed by atoms with Crippen LogP contribution in [0.5, 0.6) is 0 Å². The van der Waals surface area contributed by atoms with Crippen LogP contribution in [0.3, 0.4) is 0 Å². The first-order valence-corrected chi connectivity index (χ1v) is 5.90. The molecule has 4 N–H and O–H groups in total. The summed E-state index contributed by atoms with van der Waals surface area (Å²) in [6.45, 7) is 0. The summed E-state index contributed by atoms with van der Waals surface area (Å²) >= 11 is 0. The van der Waals surface area contributed by atoms with Crippen LogP contribution in [0.2, 0.25) is 0 Å². The normalized spacial score (nSPS) is 31.7. The first-order valence-electron chi connectivity index (χ1n) is 5.90. The minimum absolute atomic E-state index is 0.597. The molecule has 3 unspecified atom stereocenters. The van der Waals surface area contributed by atoms with Gasteiger partial charge in [-0.25, -0.2) is 15.8 Å². The molecule has 5 nitrogen and oxygen atoms in total. The lowest BCUT2D eigenvalue weighted by Crippen LogP contribution is -2.26. The van der Waals surface area contributed by atoms with E-state index in [0.29, 0.717) is 11.9 Å². The highest BCUT2D eigenvalue weighted by atomic mass is 15.3. The number of anilines is 2. The molecule has 0 aliphatic heterocycles. The molecular weight excluding hydrogens is 202 g/mol. The number of nitrogen functional groups attached to an aromatic ring is 1. The van der Waals surface area contributed by atoms with Crippen LogP contribution in [0.15, 0.2) is 12.4 Å². The van der Waals surface area contributed by atoms with Crippen molar-refractivity contribution in [2.75, 3.05) is 10.7 Å². The van der Waals surface area contributed by atoms with Crippen molar-refractivity contribution in [1.82, 2.24) is 9.97 Å². The van der Waals surface area contributed by atoms with Gasteiger partial charge >= 0.3 is 0 Å². The summed E-state index contributed by atoms with van der Waals surface area (Å²) < 4.78 is 0. The van der Waals surface area contributed by atoms with Gasteiger partial charge in [-0.2, -0.15) is 0 Å². The number of hydrogen-bond donors (Lipinski definition) is 3. The molecule has 2 fully saturated rings. The van der Waals surface area contributed by atoms with Gasteiger partial charge in [-0.1, -0.05) is 6.42 Å². The number of hydrogen-bond acceptors (Lipinski definition) is 5. The maximum atomic E-state index is 5.32. The number of hydrazine groups is 1. The van der Waals surface area contributed by atoms with Gasteiger partial charge in [0.15, 0.2) is 0 Å². The summed E-state index contributed by atoms with van der Waals surface area (Å²) in [5.74, 6) is 8.63. The zero-order chi connectivity index (χ0) is 11.0. The third-order valence-corrected chi connectivity index (χ3v) is 3.89. The molecule has 2 aliphatic carbocycles. The van der Waals surface area contributed by atoms with Gasteiger partial charge in [0.2, 0.25) is 0 Å². The number of fused-ring (bicyclic) bond motifs is 2. The third-order valence-electron chi connectivity index (χ3n) is 3.89. The van der Waals surface area contributed by atoms with Crippen molar-refractivity contribution in [3.05, 3.63) is 12.4 Å². The topological polar surface area (TPSA) is 75.9 Å². The first-order chi connectivity index (χ1) is 7.85. The molecule has 0 spiro atoms. The lowest BCUT2D eigenvalue weighted by Gasteiger charge is -2.23. The van der Waals surface area contributed by atoms with Gasteiger partial charge in [0.1, 0.15) is 18.0 Å². The second kappa shape index (κ2) is 3.90. The molecule has 3 rings (SSSR count). The fourth-order valence-electron chi connectivity index (χ4n) is 3.13. The van der Waals surface area contributed by atoms with E-state index in [9.17, 15) is 0 Å². The van der Waals surface area contributed by atoms with E-state index in [1.807, 2.05) is 6.07 Å². The first kappa shape index (κ1) is 9.84. The smallest absolute Gasteiger partial charge is 0.145 e. The van der Waals surface area contributed by atoms with Crippen molar-refractivity contribution in [3.63, 3.8) is 0 Å². The van der Waals surface area contributed by atoms with Crippen molar-refractivity contribution < 1.29 is 0 Å². The Labute approximate surface area is 94.8 Å². The average molecular weight is 219 g/mol. The lowest BCUT2D eigenvalue weighted by atomic mass is 9.95. The van der Waals surface area contributed by atoms with E-state index in [2.05, 4.69) is 20.7 Å². The Balaban J connectivity index is 1.69. The van der Waals surface area contributed by atoms with E-state index >= 15 is 0 Å². The SMILES string of the molecule is NNc1cc(NC2CC3CCC2C3)ncn1. The van der Waals surface area contributed by atoms with E-state index in [-0.39, 0.29) is 0 Å². The van der Waals surface area contributed by atoms with Gasteiger partial charge in [0.25, 0.3) is 0 Å². The molecule has 2 bridgehead atoms. The van der Waals surface area contributed by atoms with Gasteiger partial charge in [-0.15, -0.1) is 0 Å². The second-order valence-electron chi connectivity index (χ2n) is 4.86. The number of nitrogens with zero attached hydrogens (tertiary/aromatic N) is 2. The molecule has 1 aromatic rings. The van der Waals surface area contributed by atoms with E-state index in [1.54, 1.807) is 0 Å². The van der Waals surface area contributed by atoms with Gasteiger partial charge in [0.05, 0.1) is 0 Å². The maximum Gasteiger partial charge on any atom is 0.145 e. The zero-order valence-electron chi connectivity index (χ0n) is 9.19. The monoisotopic (exact) mass is 219 g/mol.